The second kappa shape index (κ2) is 6.89. The highest BCUT2D eigenvalue weighted by molar-refractivity contribution is 7.12. The van der Waals surface area contributed by atoms with Crippen molar-refractivity contribution in [1.82, 2.24) is 0 Å². The van der Waals surface area contributed by atoms with E-state index in [1.54, 1.807) is 37.3 Å². The summed E-state index contributed by atoms with van der Waals surface area (Å²) in [7, 11) is -1.60. The summed E-state index contributed by atoms with van der Waals surface area (Å²) < 4.78 is 0. The fourth-order valence-electron chi connectivity index (χ4n) is 2.23. The number of phenolic OH excluding ortho intramolecular Hbond substituents is 1. The van der Waals surface area contributed by atoms with E-state index in [1.807, 2.05) is 5.38 Å². The number of ketones is 1. The minimum Gasteiger partial charge on any atom is -0.507 e. The molecule has 0 amide bonds. The van der Waals surface area contributed by atoms with E-state index in [0.717, 1.165) is 5.56 Å². The molecule has 0 spiro atoms. The Hall–Kier alpha value is -1.63. The first-order chi connectivity index (χ1) is 9.99. The molecule has 2 aromatic rings. The van der Waals surface area contributed by atoms with Crippen LogP contribution in [0.15, 0.2) is 35.7 Å². The SMILES string of the molecule is Cc1cccc(CC(CC(=O)c2cccs2)B(O)O)c1O. The number of benzene rings is 1. The van der Waals surface area contributed by atoms with Gasteiger partial charge in [0, 0.05) is 12.2 Å². The Bertz CT molecular complexity index is 610. The summed E-state index contributed by atoms with van der Waals surface area (Å²) >= 11 is 1.33. The van der Waals surface area contributed by atoms with Crippen LogP contribution in [0.25, 0.3) is 0 Å². The van der Waals surface area contributed by atoms with Gasteiger partial charge in [0.2, 0.25) is 0 Å². The van der Waals surface area contributed by atoms with E-state index in [9.17, 15) is 19.9 Å². The van der Waals surface area contributed by atoms with Crippen LogP contribution in [0.3, 0.4) is 0 Å². The Kier molecular flexibility index (Phi) is 5.17. The molecule has 1 aromatic carbocycles. The minimum absolute atomic E-state index is 0.0333. The molecule has 21 heavy (non-hydrogen) atoms. The lowest BCUT2D eigenvalue weighted by Gasteiger charge is -2.16. The summed E-state index contributed by atoms with van der Waals surface area (Å²) in [5.74, 6) is -0.616. The molecule has 1 atom stereocenters. The lowest BCUT2D eigenvalue weighted by atomic mass is 9.67. The summed E-state index contributed by atoms with van der Waals surface area (Å²) in [6.45, 7) is 1.78. The zero-order chi connectivity index (χ0) is 15.4. The van der Waals surface area contributed by atoms with E-state index in [0.29, 0.717) is 10.4 Å². The van der Waals surface area contributed by atoms with Gasteiger partial charge in [-0.3, -0.25) is 4.79 Å². The van der Waals surface area contributed by atoms with Crippen molar-refractivity contribution in [2.75, 3.05) is 0 Å². The third kappa shape index (κ3) is 3.94. The number of rotatable bonds is 6. The summed E-state index contributed by atoms with van der Waals surface area (Å²) in [5.41, 5.74) is 1.34. The first kappa shape index (κ1) is 15.8. The highest BCUT2D eigenvalue weighted by Gasteiger charge is 2.28. The van der Waals surface area contributed by atoms with Crippen molar-refractivity contribution < 1.29 is 19.9 Å². The van der Waals surface area contributed by atoms with Crippen molar-refractivity contribution in [1.29, 1.82) is 0 Å². The van der Waals surface area contributed by atoms with Crippen LogP contribution in [0.1, 0.15) is 27.2 Å². The van der Waals surface area contributed by atoms with Crippen LogP contribution in [-0.4, -0.2) is 28.1 Å². The fraction of sp³-hybridized carbons (Fsp3) is 0.267. The van der Waals surface area contributed by atoms with Crippen LogP contribution < -0.4 is 0 Å². The summed E-state index contributed by atoms with van der Waals surface area (Å²) in [6.07, 6.45) is 0.272. The molecule has 110 valence electrons. The van der Waals surface area contributed by atoms with Gasteiger partial charge < -0.3 is 15.2 Å². The van der Waals surface area contributed by atoms with Crippen molar-refractivity contribution in [3.63, 3.8) is 0 Å². The van der Waals surface area contributed by atoms with Crippen molar-refractivity contribution in [3.8, 4) is 5.75 Å². The second-order valence-electron chi connectivity index (χ2n) is 5.07. The molecule has 0 saturated carbocycles. The maximum Gasteiger partial charge on any atom is 0.455 e. The van der Waals surface area contributed by atoms with E-state index in [4.69, 9.17) is 0 Å². The van der Waals surface area contributed by atoms with Crippen LogP contribution in [0.5, 0.6) is 5.75 Å². The molecule has 0 fully saturated rings. The van der Waals surface area contributed by atoms with Crippen LogP contribution >= 0.6 is 11.3 Å². The van der Waals surface area contributed by atoms with Gasteiger partial charge in [-0.15, -0.1) is 11.3 Å². The standard InChI is InChI=1S/C15H17BO4S/c1-10-4-2-5-11(15(10)18)8-12(16(19)20)9-13(17)14-6-3-7-21-14/h2-7,12,18-20H,8-9H2,1H3. The first-order valence-corrected chi connectivity index (χ1v) is 7.57. The highest BCUT2D eigenvalue weighted by Crippen LogP contribution is 2.29. The molecular weight excluding hydrogens is 287 g/mol. The van der Waals surface area contributed by atoms with E-state index in [2.05, 4.69) is 0 Å². The number of aryl methyl sites for hydroxylation is 1. The molecule has 6 heteroatoms. The number of carbonyl (C=O) groups is 1. The van der Waals surface area contributed by atoms with Gasteiger partial charge in [0.1, 0.15) is 5.75 Å². The van der Waals surface area contributed by atoms with Crippen LogP contribution in [0.2, 0.25) is 5.82 Å². The molecule has 0 saturated heterocycles. The van der Waals surface area contributed by atoms with Gasteiger partial charge in [0.25, 0.3) is 0 Å². The number of thiophene rings is 1. The molecule has 3 N–H and O–H groups in total. The lowest BCUT2D eigenvalue weighted by molar-refractivity contribution is 0.0979. The van der Waals surface area contributed by atoms with Gasteiger partial charge in [-0.1, -0.05) is 24.3 Å². The quantitative estimate of drug-likeness (QED) is 0.566. The third-order valence-electron chi connectivity index (χ3n) is 3.47. The molecule has 4 nitrogen and oxygen atoms in total. The van der Waals surface area contributed by atoms with E-state index >= 15 is 0 Å². The van der Waals surface area contributed by atoms with Gasteiger partial charge >= 0.3 is 7.12 Å². The van der Waals surface area contributed by atoms with E-state index in [-0.39, 0.29) is 24.4 Å². The Balaban J connectivity index is 2.13. The summed E-state index contributed by atoms with van der Waals surface area (Å²) in [6, 6.07) is 8.81. The average Bonchev–Trinajstić information content (AvgIpc) is 2.96. The number of phenols is 1. The number of para-hydroxylation sites is 1. The minimum atomic E-state index is -1.60. The zero-order valence-corrected chi connectivity index (χ0v) is 12.5. The van der Waals surface area contributed by atoms with E-state index in [1.165, 1.54) is 11.3 Å². The van der Waals surface area contributed by atoms with Gasteiger partial charge in [0.15, 0.2) is 5.78 Å². The normalized spacial score (nSPS) is 12.1. The predicted octanol–water partition coefficient (Wildman–Crippen LogP) is 2.42. The number of hydrogen-bond donors (Lipinski definition) is 3. The van der Waals surface area contributed by atoms with Crippen LogP contribution in [-0.2, 0) is 6.42 Å². The van der Waals surface area contributed by atoms with Gasteiger partial charge in [-0.05, 0) is 35.9 Å². The third-order valence-corrected chi connectivity index (χ3v) is 4.38. The smallest absolute Gasteiger partial charge is 0.455 e. The molecule has 1 unspecified atom stereocenters. The molecular formula is C15H17BO4S. The van der Waals surface area contributed by atoms with Gasteiger partial charge in [-0.2, -0.15) is 0 Å². The first-order valence-electron chi connectivity index (χ1n) is 6.69. The Morgan fingerprint density at radius 3 is 2.67 bits per heavy atom. The number of Topliss-reactive ketones (excluding diaryl/α,β-unsaturated/α-hetero) is 1. The molecule has 2 rings (SSSR count). The Morgan fingerprint density at radius 2 is 2.05 bits per heavy atom. The fourth-order valence-corrected chi connectivity index (χ4v) is 2.90. The molecule has 1 heterocycles. The van der Waals surface area contributed by atoms with Gasteiger partial charge in [-0.25, -0.2) is 0 Å². The molecule has 0 radical (unpaired) electrons. The van der Waals surface area contributed by atoms with Crippen molar-refractivity contribution >= 4 is 24.2 Å². The Morgan fingerprint density at radius 1 is 1.29 bits per heavy atom. The molecule has 0 aliphatic rings. The van der Waals surface area contributed by atoms with Gasteiger partial charge in [0.05, 0.1) is 4.88 Å². The zero-order valence-electron chi connectivity index (χ0n) is 11.7. The van der Waals surface area contributed by atoms with Crippen molar-refractivity contribution in [3.05, 3.63) is 51.7 Å². The molecule has 0 bridgehead atoms. The lowest BCUT2D eigenvalue weighted by Crippen LogP contribution is -2.24. The van der Waals surface area contributed by atoms with Crippen molar-refractivity contribution in [2.24, 2.45) is 0 Å². The Labute approximate surface area is 127 Å². The largest absolute Gasteiger partial charge is 0.507 e. The van der Waals surface area contributed by atoms with E-state index < -0.39 is 12.9 Å². The average molecular weight is 304 g/mol. The predicted molar refractivity (Wildman–Crippen MR) is 83.8 cm³/mol. The highest BCUT2D eigenvalue weighted by atomic mass is 32.1. The monoisotopic (exact) mass is 304 g/mol. The topological polar surface area (TPSA) is 77.8 Å². The summed E-state index contributed by atoms with van der Waals surface area (Å²) in [4.78, 5) is 12.7. The number of carbonyl (C=O) groups excluding carboxylic acids is 1. The molecule has 1 aromatic heterocycles. The second-order valence-corrected chi connectivity index (χ2v) is 6.01. The number of hydrogen-bond acceptors (Lipinski definition) is 5. The maximum atomic E-state index is 12.1. The molecule has 0 aliphatic heterocycles. The van der Waals surface area contributed by atoms with Crippen LogP contribution in [0, 0.1) is 6.92 Å². The summed E-state index contributed by atoms with van der Waals surface area (Å²) in [5, 5.41) is 30.8. The maximum absolute atomic E-state index is 12.1. The molecule has 0 aliphatic carbocycles. The van der Waals surface area contributed by atoms with Crippen molar-refractivity contribution in [2.45, 2.75) is 25.6 Å². The number of aromatic hydroxyl groups is 1. The van der Waals surface area contributed by atoms with Crippen LogP contribution in [0.4, 0.5) is 0 Å².